The number of esters is 2. The molecule has 0 amide bonds. The summed E-state index contributed by atoms with van der Waals surface area (Å²) in [4.78, 5) is 24.5. The molecule has 0 aromatic carbocycles. The van der Waals surface area contributed by atoms with E-state index in [0.717, 1.165) is 5.03 Å². The number of hydrogen-bond donors (Lipinski definition) is 2. The molecule has 9 heteroatoms. The molecule has 0 bridgehead atoms. The van der Waals surface area contributed by atoms with Gasteiger partial charge in [0.05, 0.1) is 25.3 Å². The third kappa shape index (κ3) is 2.72. The van der Waals surface area contributed by atoms with Crippen LogP contribution >= 0.6 is 11.8 Å². The van der Waals surface area contributed by atoms with Crippen LogP contribution in [0.1, 0.15) is 20.3 Å². The van der Waals surface area contributed by atoms with E-state index in [1.54, 1.807) is 20.0 Å². The molecule has 0 radical (unpaired) electrons. The maximum atomic E-state index is 12.3. The molecule has 23 heavy (non-hydrogen) atoms. The quantitative estimate of drug-likeness (QED) is 0.712. The van der Waals surface area contributed by atoms with Crippen LogP contribution in [-0.2, 0) is 19.1 Å². The zero-order valence-corrected chi connectivity index (χ0v) is 13.8. The van der Waals surface area contributed by atoms with Gasteiger partial charge in [0.15, 0.2) is 0 Å². The van der Waals surface area contributed by atoms with Crippen molar-refractivity contribution < 1.29 is 19.1 Å². The SMILES string of the molecule is CCOC(=O)[C@H]1[C@H]2[C@@H]1[C@](N)(C(=O)OCC)C[C@H]2Sc1cn[nH]n1. The Bertz CT molecular complexity index is 596. The molecule has 0 saturated heterocycles. The van der Waals surface area contributed by atoms with E-state index in [-0.39, 0.29) is 35.6 Å². The fraction of sp³-hybridized carbons (Fsp3) is 0.714. The average Bonchev–Trinajstić information content (AvgIpc) is 2.94. The number of carbonyl (C=O) groups is 2. The van der Waals surface area contributed by atoms with Crippen LogP contribution in [0.4, 0.5) is 0 Å². The van der Waals surface area contributed by atoms with Crippen molar-refractivity contribution in [3.63, 3.8) is 0 Å². The number of nitrogens with one attached hydrogen (secondary N) is 1. The van der Waals surface area contributed by atoms with Gasteiger partial charge in [0.2, 0.25) is 0 Å². The molecular weight excluding hydrogens is 320 g/mol. The van der Waals surface area contributed by atoms with Gasteiger partial charge >= 0.3 is 11.9 Å². The predicted octanol–water partition coefficient (Wildman–Crippen LogP) is 0.355. The third-order valence-corrected chi connectivity index (χ3v) is 5.74. The molecular formula is C14H20N4O4S. The zero-order chi connectivity index (χ0) is 16.6. The normalized spacial score (nSPS) is 34.7. The summed E-state index contributed by atoms with van der Waals surface area (Å²) in [6.07, 6.45) is 2.07. The van der Waals surface area contributed by atoms with Crippen molar-refractivity contribution in [2.45, 2.75) is 36.1 Å². The van der Waals surface area contributed by atoms with Gasteiger partial charge < -0.3 is 15.2 Å². The van der Waals surface area contributed by atoms with Crippen molar-refractivity contribution in [2.24, 2.45) is 23.5 Å². The van der Waals surface area contributed by atoms with Crippen molar-refractivity contribution in [3.05, 3.63) is 6.20 Å². The molecule has 1 aromatic heterocycles. The lowest BCUT2D eigenvalue weighted by molar-refractivity contribution is -0.151. The van der Waals surface area contributed by atoms with Gasteiger partial charge in [-0.15, -0.1) is 5.10 Å². The van der Waals surface area contributed by atoms with Gasteiger partial charge in [-0.2, -0.15) is 10.3 Å². The Morgan fingerprint density at radius 1 is 1.43 bits per heavy atom. The highest BCUT2D eigenvalue weighted by Crippen LogP contribution is 2.65. The van der Waals surface area contributed by atoms with Crippen LogP contribution in [0.5, 0.6) is 0 Å². The van der Waals surface area contributed by atoms with E-state index >= 15 is 0 Å². The summed E-state index contributed by atoms with van der Waals surface area (Å²) in [5.41, 5.74) is 5.24. The Labute approximate surface area is 137 Å². The minimum absolute atomic E-state index is 0.00477. The lowest BCUT2D eigenvalue weighted by Crippen LogP contribution is -2.51. The minimum Gasteiger partial charge on any atom is -0.466 e. The van der Waals surface area contributed by atoms with Crippen LogP contribution in [0.2, 0.25) is 0 Å². The van der Waals surface area contributed by atoms with E-state index in [1.165, 1.54) is 11.8 Å². The first-order valence-electron chi connectivity index (χ1n) is 7.68. The Morgan fingerprint density at radius 3 is 2.78 bits per heavy atom. The Hall–Kier alpha value is -1.61. The molecule has 5 atom stereocenters. The molecule has 2 aliphatic carbocycles. The highest BCUT2D eigenvalue weighted by atomic mass is 32.2. The fourth-order valence-electron chi connectivity index (χ4n) is 3.62. The highest BCUT2D eigenvalue weighted by Gasteiger charge is 2.74. The summed E-state index contributed by atoms with van der Waals surface area (Å²) in [5, 5.41) is 11.1. The molecule has 0 aliphatic heterocycles. The Kier molecular flexibility index (Phi) is 4.33. The number of nitrogens with two attached hydrogens (primary N) is 1. The number of aromatic nitrogens is 3. The number of aromatic amines is 1. The third-order valence-electron chi connectivity index (χ3n) is 4.52. The van der Waals surface area contributed by atoms with Gasteiger partial charge in [-0.1, -0.05) is 11.8 Å². The number of nitrogens with zero attached hydrogens (tertiary/aromatic N) is 2. The van der Waals surface area contributed by atoms with Gasteiger partial charge in [-0.3, -0.25) is 9.59 Å². The second-order valence-electron chi connectivity index (χ2n) is 5.81. The summed E-state index contributed by atoms with van der Waals surface area (Å²) in [7, 11) is 0. The Balaban J connectivity index is 1.80. The van der Waals surface area contributed by atoms with Gasteiger partial charge in [0, 0.05) is 11.2 Å². The molecule has 3 N–H and O–H groups in total. The molecule has 2 fully saturated rings. The summed E-state index contributed by atoms with van der Waals surface area (Å²) in [6.45, 7) is 4.08. The number of hydrogen-bond acceptors (Lipinski definition) is 8. The van der Waals surface area contributed by atoms with Crippen LogP contribution in [0, 0.1) is 17.8 Å². The number of fused-ring (bicyclic) bond motifs is 1. The standard InChI is InChI=1S/C14H20N4O4S/c1-3-21-12(19)10-9-7(23-8-6-16-18-17-8)5-14(15,11(9)10)13(20)22-4-2/h6-7,9-11H,3-5,15H2,1-2H3,(H,16,17,18)/t7-,9+,10+,11+,14+/m1/s1. The van der Waals surface area contributed by atoms with E-state index in [2.05, 4.69) is 15.4 Å². The molecule has 1 aromatic rings. The molecule has 8 nitrogen and oxygen atoms in total. The zero-order valence-electron chi connectivity index (χ0n) is 13.0. The highest BCUT2D eigenvalue weighted by molar-refractivity contribution is 7.99. The second-order valence-corrected chi connectivity index (χ2v) is 7.07. The summed E-state index contributed by atoms with van der Waals surface area (Å²) < 4.78 is 10.3. The average molecular weight is 340 g/mol. The van der Waals surface area contributed by atoms with Crippen LogP contribution in [0.25, 0.3) is 0 Å². The van der Waals surface area contributed by atoms with Gasteiger partial charge in [-0.05, 0) is 26.2 Å². The van der Waals surface area contributed by atoms with Crippen molar-refractivity contribution in [2.75, 3.05) is 13.2 Å². The van der Waals surface area contributed by atoms with Crippen molar-refractivity contribution in [1.29, 1.82) is 0 Å². The van der Waals surface area contributed by atoms with Gasteiger partial charge in [-0.25, -0.2) is 0 Å². The first-order valence-corrected chi connectivity index (χ1v) is 8.56. The predicted molar refractivity (Wildman–Crippen MR) is 81.3 cm³/mol. The smallest absolute Gasteiger partial charge is 0.326 e. The van der Waals surface area contributed by atoms with E-state index in [4.69, 9.17) is 15.2 Å². The first-order chi connectivity index (χ1) is 11.0. The van der Waals surface area contributed by atoms with E-state index in [1.807, 2.05) is 0 Å². The van der Waals surface area contributed by atoms with Crippen LogP contribution < -0.4 is 5.73 Å². The van der Waals surface area contributed by atoms with E-state index in [0.29, 0.717) is 13.0 Å². The van der Waals surface area contributed by atoms with E-state index < -0.39 is 11.5 Å². The second kappa shape index (κ2) is 6.12. The van der Waals surface area contributed by atoms with Gasteiger partial charge in [0.1, 0.15) is 10.6 Å². The van der Waals surface area contributed by atoms with Crippen LogP contribution in [-0.4, -0.2) is 51.4 Å². The lowest BCUT2D eigenvalue weighted by atomic mass is 9.91. The summed E-state index contributed by atoms with van der Waals surface area (Å²) in [6, 6.07) is 0. The topological polar surface area (TPSA) is 120 Å². The molecule has 3 rings (SSSR count). The number of H-pyrrole nitrogens is 1. The summed E-state index contributed by atoms with van der Waals surface area (Å²) >= 11 is 1.48. The molecule has 1 heterocycles. The molecule has 0 spiro atoms. The maximum Gasteiger partial charge on any atom is 0.326 e. The van der Waals surface area contributed by atoms with Crippen molar-refractivity contribution in [1.82, 2.24) is 15.4 Å². The molecule has 126 valence electrons. The molecule has 2 aliphatic rings. The largest absolute Gasteiger partial charge is 0.466 e. The van der Waals surface area contributed by atoms with Crippen LogP contribution in [0.3, 0.4) is 0 Å². The monoisotopic (exact) mass is 340 g/mol. The number of ether oxygens (including phenoxy) is 2. The number of thioether (sulfide) groups is 1. The molecule has 0 unspecified atom stereocenters. The molecule has 2 saturated carbocycles. The van der Waals surface area contributed by atoms with Gasteiger partial charge in [0.25, 0.3) is 0 Å². The lowest BCUT2D eigenvalue weighted by Gasteiger charge is -2.26. The minimum atomic E-state index is -1.14. The number of rotatable bonds is 6. The number of carbonyl (C=O) groups excluding carboxylic acids is 2. The van der Waals surface area contributed by atoms with Crippen molar-refractivity contribution >= 4 is 23.7 Å². The Morgan fingerprint density at radius 2 is 2.17 bits per heavy atom. The van der Waals surface area contributed by atoms with Crippen molar-refractivity contribution in [3.8, 4) is 0 Å². The maximum absolute atomic E-state index is 12.3. The fourth-order valence-corrected chi connectivity index (χ4v) is 4.99. The van der Waals surface area contributed by atoms with Crippen LogP contribution in [0.15, 0.2) is 11.2 Å². The summed E-state index contributed by atoms with van der Waals surface area (Å²) in [5.74, 6) is -1.30. The first kappa shape index (κ1) is 16.3. The van der Waals surface area contributed by atoms with E-state index in [9.17, 15) is 9.59 Å².